The van der Waals surface area contributed by atoms with Gasteiger partial charge in [-0.15, -0.1) is 0 Å². The predicted octanol–water partition coefficient (Wildman–Crippen LogP) is 3.38. The maximum absolute atomic E-state index is 10.3. The van der Waals surface area contributed by atoms with Crippen LogP contribution in [0.2, 0.25) is 0 Å². The Bertz CT molecular complexity index is 416. The van der Waals surface area contributed by atoms with Crippen molar-refractivity contribution >= 4 is 0 Å². The summed E-state index contributed by atoms with van der Waals surface area (Å²) >= 11 is 0. The van der Waals surface area contributed by atoms with E-state index in [1.54, 1.807) is 5.57 Å². The molecule has 23 heavy (non-hydrogen) atoms. The molecule has 2 N–H and O–H groups in total. The number of fused-ring (bicyclic) bond motifs is 1. The van der Waals surface area contributed by atoms with Crippen molar-refractivity contribution in [2.24, 2.45) is 17.8 Å². The van der Waals surface area contributed by atoms with Gasteiger partial charge < -0.3 is 15.1 Å². The molecular formula is C20H35NO2. The highest BCUT2D eigenvalue weighted by Crippen LogP contribution is 2.48. The van der Waals surface area contributed by atoms with E-state index in [4.69, 9.17) is 0 Å². The highest BCUT2D eigenvalue weighted by Gasteiger charge is 2.43. The first-order valence-corrected chi connectivity index (χ1v) is 9.40. The molecule has 0 aromatic carbocycles. The minimum Gasteiger partial charge on any atom is -0.392 e. The fourth-order valence-electron chi connectivity index (χ4n) is 4.14. The minimum absolute atomic E-state index is 0.226. The number of hydrogen-bond donors (Lipinski definition) is 2. The minimum atomic E-state index is -0.369. The lowest BCUT2D eigenvalue weighted by Crippen LogP contribution is -2.17. The van der Waals surface area contributed by atoms with Crippen LogP contribution in [-0.2, 0) is 0 Å². The van der Waals surface area contributed by atoms with Crippen molar-refractivity contribution in [2.75, 3.05) is 20.6 Å². The van der Waals surface area contributed by atoms with Gasteiger partial charge in [0.15, 0.2) is 0 Å². The van der Waals surface area contributed by atoms with Crippen molar-refractivity contribution in [3.8, 4) is 0 Å². The van der Waals surface area contributed by atoms with Crippen molar-refractivity contribution in [2.45, 2.75) is 64.1 Å². The third kappa shape index (κ3) is 5.44. The lowest BCUT2D eigenvalue weighted by molar-refractivity contribution is 0.140. The van der Waals surface area contributed by atoms with E-state index >= 15 is 0 Å². The molecule has 0 radical (unpaired) electrons. The topological polar surface area (TPSA) is 43.7 Å². The summed E-state index contributed by atoms with van der Waals surface area (Å²) in [7, 11) is 4.27. The van der Waals surface area contributed by atoms with Gasteiger partial charge in [-0.1, -0.05) is 37.1 Å². The maximum atomic E-state index is 10.3. The smallest absolute Gasteiger partial charge is 0.0718 e. The summed E-state index contributed by atoms with van der Waals surface area (Å²) in [6.45, 7) is 3.16. The Labute approximate surface area is 142 Å². The SMILES string of the molecule is CC[C@H](O)C=C[C@@H]1[C@H]2CC(CCCCCN(C)C)=C[C@H]2C[C@H]1O. The summed E-state index contributed by atoms with van der Waals surface area (Å²) in [5.74, 6) is 1.33. The molecule has 2 aliphatic carbocycles. The Kier molecular flexibility index (Phi) is 7.32. The normalized spacial score (nSPS) is 31.8. The summed E-state index contributed by atoms with van der Waals surface area (Å²) in [6.07, 6.45) is 13.7. The Morgan fingerprint density at radius 3 is 2.78 bits per heavy atom. The summed E-state index contributed by atoms with van der Waals surface area (Å²) in [4.78, 5) is 2.25. The number of aliphatic hydroxyl groups is 2. The van der Waals surface area contributed by atoms with E-state index in [1.807, 2.05) is 13.0 Å². The molecule has 1 fully saturated rings. The van der Waals surface area contributed by atoms with Crippen molar-refractivity contribution in [3.05, 3.63) is 23.8 Å². The van der Waals surface area contributed by atoms with E-state index in [1.165, 1.54) is 32.2 Å². The van der Waals surface area contributed by atoms with Crippen LogP contribution in [0, 0.1) is 17.8 Å². The Morgan fingerprint density at radius 1 is 1.30 bits per heavy atom. The van der Waals surface area contributed by atoms with E-state index in [9.17, 15) is 10.2 Å². The van der Waals surface area contributed by atoms with Crippen molar-refractivity contribution in [1.82, 2.24) is 4.90 Å². The van der Waals surface area contributed by atoms with Crippen LogP contribution in [0.15, 0.2) is 23.8 Å². The molecule has 0 spiro atoms. The third-order valence-electron chi connectivity index (χ3n) is 5.53. The van der Waals surface area contributed by atoms with Gasteiger partial charge in [-0.05, 0) is 71.0 Å². The van der Waals surface area contributed by atoms with E-state index in [-0.39, 0.29) is 18.1 Å². The average Bonchev–Trinajstić information content (AvgIpc) is 3.01. The van der Waals surface area contributed by atoms with Crippen LogP contribution in [0.3, 0.4) is 0 Å². The molecule has 132 valence electrons. The van der Waals surface area contributed by atoms with E-state index < -0.39 is 0 Å². The molecule has 5 atom stereocenters. The Balaban J connectivity index is 1.77. The first kappa shape index (κ1) is 18.7. The largest absolute Gasteiger partial charge is 0.392 e. The average molecular weight is 322 g/mol. The molecule has 0 aromatic rings. The standard InChI is InChI=1S/C20H35NO2/c1-4-17(22)9-10-18-19-13-15(12-16(19)14-20(18)23)8-6-5-7-11-21(2)3/h9-10,12,16-20,22-23H,4-8,11,13-14H2,1-3H3/t16-,17-,18+,19-,20+/m0/s1. The van der Waals surface area contributed by atoms with Crippen LogP contribution in [-0.4, -0.2) is 48.0 Å². The second kappa shape index (κ2) is 9.00. The number of aliphatic hydroxyl groups excluding tert-OH is 2. The van der Waals surface area contributed by atoms with Gasteiger partial charge in [0.2, 0.25) is 0 Å². The number of nitrogens with zero attached hydrogens (tertiary/aromatic N) is 1. The van der Waals surface area contributed by atoms with Crippen molar-refractivity contribution in [1.29, 1.82) is 0 Å². The molecule has 3 heteroatoms. The van der Waals surface area contributed by atoms with Gasteiger partial charge in [-0.25, -0.2) is 0 Å². The van der Waals surface area contributed by atoms with Crippen molar-refractivity contribution < 1.29 is 10.2 Å². The lowest BCUT2D eigenvalue weighted by atomic mass is 9.88. The Morgan fingerprint density at radius 2 is 2.09 bits per heavy atom. The number of allylic oxidation sites excluding steroid dienone is 2. The molecule has 2 rings (SSSR count). The summed E-state index contributed by atoms with van der Waals surface area (Å²) in [5.41, 5.74) is 1.60. The van der Waals surface area contributed by atoms with Gasteiger partial charge in [-0.3, -0.25) is 0 Å². The number of rotatable bonds is 9. The Hall–Kier alpha value is -0.640. The predicted molar refractivity (Wildman–Crippen MR) is 96.3 cm³/mol. The van der Waals surface area contributed by atoms with E-state index in [0.717, 1.165) is 19.3 Å². The zero-order chi connectivity index (χ0) is 16.8. The second-order valence-corrected chi connectivity index (χ2v) is 7.71. The van der Waals surface area contributed by atoms with Gasteiger partial charge >= 0.3 is 0 Å². The highest BCUT2D eigenvalue weighted by atomic mass is 16.3. The molecule has 3 nitrogen and oxygen atoms in total. The van der Waals surface area contributed by atoms with E-state index in [2.05, 4.69) is 31.1 Å². The van der Waals surface area contributed by atoms with Gasteiger partial charge in [-0.2, -0.15) is 0 Å². The molecule has 0 bridgehead atoms. The zero-order valence-corrected chi connectivity index (χ0v) is 15.1. The molecular weight excluding hydrogens is 286 g/mol. The van der Waals surface area contributed by atoms with Gasteiger partial charge in [0.05, 0.1) is 12.2 Å². The molecule has 0 heterocycles. The second-order valence-electron chi connectivity index (χ2n) is 7.71. The van der Waals surface area contributed by atoms with Crippen LogP contribution in [0.5, 0.6) is 0 Å². The molecule has 0 amide bonds. The first-order valence-electron chi connectivity index (χ1n) is 9.40. The van der Waals surface area contributed by atoms with Crippen LogP contribution >= 0.6 is 0 Å². The van der Waals surface area contributed by atoms with Crippen LogP contribution < -0.4 is 0 Å². The number of unbranched alkanes of at least 4 members (excludes halogenated alkanes) is 2. The summed E-state index contributed by atoms with van der Waals surface area (Å²) in [5, 5.41) is 20.0. The third-order valence-corrected chi connectivity index (χ3v) is 5.53. The highest BCUT2D eigenvalue weighted by molar-refractivity contribution is 5.20. The van der Waals surface area contributed by atoms with Gasteiger partial charge in [0, 0.05) is 5.92 Å². The lowest BCUT2D eigenvalue weighted by Gasteiger charge is -2.18. The molecule has 0 saturated heterocycles. The van der Waals surface area contributed by atoms with E-state index in [0.29, 0.717) is 11.8 Å². The quantitative estimate of drug-likeness (QED) is 0.505. The summed E-state index contributed by atoms with van der Waals surface area (Å²) < 4.78 is 0. The van der Waals surface area contributed by atoms with Crippen LogP contribution in [0.1, 0.15) is 51.9 Å². The van der Waals surface area contributed by atoms with Gasteiger partial charge in [0.1, 0.15) is 0 Å². The molecule has 2 aliphatic rings. The molecule has 0 unspecified atom stereocenters. The number of hydrogen-bond acceptors (Lipinski definition) is 3. The van der Waals surface area contributed by atoms with Gasteiger partial charge in [0.25, 0.3) is 0 Å². The fraction of sp³-hybridized carbons (Fsp3) is 0.800. The molecule has 1 saturated carbocycles. The molecule has 0 aliphatic heterocycles. The monoisotopic (exact) mass is 321 g/mol. The summed E-state index contributed by atoms with van der Waals surface area (Å²) in [6, 6.07) is 0. The zero-order valence-electron chi connectivity index (χ0n) is 15.1. The molecule has 0 aromatic heterocycles. The fourth-order valence-corrected chi connectivity index (χ4v) is 4.14. The van der Waals surface area contributed by atoms with Crippen LogP contribution in [0.4, 0.5) is 0 Å². The maximum Gasteiger partial charge on any atom is 0.0718 e. The van der Waals surface area contributed by atoms with Crippen LogP contribution in [0.25, 0.3) is 0 Å². The first-order chi connectivity index (χ1) is 11.0. The van der Waals surface area contributed by atoms with Crippen molar-refractivity contribution in [3.63, 3.8) is 0 Å².